The molecule has 0 amide bonds. The van der Waals surface area contributed by atoms with Crippen LogP contribution in [0.2, 0.25) is 0 Å². The number of halogens is 4. The molecule has 4 rings (SSSR count). The molecule has 0 atom stereocenters. The summed E-state index contributed by atoms with van der Waals surface area (Å²) in [5, 5.41) is 6.06. The maximum Gasteiger partial charge on any atom is 0.417 e. The van der Waals surface area contributed by atoms with Gasteiger partial charge in [0.15, 0.2) is 11.6 Å². The zero-order valence-corrected chi connectivity index (χ0v) is 18.8. The van der Waals surface area contributed by atoms with Crippen molar-refractivity contribution in [3.63, 3.8) is 0 Å². The number of nitrogens with zero attached hydrogens (tertiary/aromatic N) is 5. The molecule has 7 nitrogen and oxygen atoms in total. The quantitative estimate of drug-likeness (QED) is 0.554. The molecule has 0 radical (unpaired) electrons. The van der Waals surface area contributed by atoms with Crippen molar-refractivity contribution in [3.8, 4) is 11.5 Å². The minimum atomic E-state index is -4.46. The number of rotatable bonds is 4. The van der Waals surface area contributed by atoms with Gasteiger partial charge in [-0.1, -0.05) is 0 Å². The highest BCUT2D eigenvalue weighted by atomic mass is 35.5. The number of alkyl halides is 3. The Labute approximate surface area is 187 Å². The van der Waals surface area contributed by atoms with Crippen LogP contribution < -0.4 is 15.5 Å². The monoisotopic (exact) mass is 471 g/mol. The van der Waals surface area contributed by atoms with Gasteiger partial charge in [-0.3, -0.25) is 4.98 Å². The van der Waals surface area contributed by atoms with Crippen LogP contribution in [0.3, 0.4) is 0 Å². The van der Waals surface area contributed by atoms with Crippen molar-refractivity contribution in [3.05, 3.63) is 35.7 Å². The van der Waals surface area contributed by atoms with Crippen LogP contribution in [0.4, 0.5) is 35.5 Å². The van der Waals surface area contributed by atoms with Gasteiger partial charge in [0.25, 0.3) is 0 Å². The van der Waals surface area contributed by atoms with Crippen molar-refractivity contribution in [2.75, 3.05) is 29.6 Å². The third-order valence-corrected chi connectivity index (χ3v) is 5.85. The van der Waals surface area contributed by atoms with Gasteiger partial charge < -0.3 is 15.5 Å². The van der Waals surface area contributed by atoms with Crippen LogP contribution in [0.5, 0.6) is 0 Å². The maximum atomic E-state index is 12.9. The molecule has 3 aromatic heterocycles. The molecule has 0 fully saturated rings. The molecular weight excluding hydrogens is 451 g/mol. The SMILES string of the molecule is CNc1cc(C(F)(F)F)cnc1Nc1nc(-c2cc3c(cn2)N(C)C(C)(C)C3)ns1.Cl. The van der Waals surface area contributed by atoms with Gasteiger partial charge in [-0.05, 0) is 38.0 Å². The summed E-state index contributed by atoms with van der Waals surface area (Å²) in [6, 6.07) is 2.99. The van der Waals surface area contributed by atoms with Gasteiger partial charge in [-0.25, -0.2) is 4.98 Å². The first-order valence-electron chi connectivity index (χ1n) is 9.17. The molecule has 31 heavy (non-hydrogen) atoms. The first kappa shape index (κ1) is 23.0. The summed E-state index contributed by atoms with van der Waals surface area (Å²) < 4.78 is 43.0. The topological polar surface area (TPSA) is 78.9 Å². The number of anilines is 4. The van der Waals surface area contributed by atoms with E-state index in [-0.39, 0.29) is 29.5 Å². The zero-order chi connectivity index (χ0) is 21.7. The van der Waals surface area contributed by atoms with E-state index in [1.165, 1.54) is 12.6 Å². The Hall–Kier alpha value is -2.66. The fourth-order valence-corrected chi connectivity index (χ4v) is 3.93. The van der Waals surface area contributed by atoms with Crippen LogP contribution in [0.1, 0.15) is 25.0 Å². The fourth-order valence-electron chi connectivity index (χ4n) is 3.36. The lowest BCUT2D eigenvalue weighted by atomic mass is 10.00. The van der Waals surface area contributed by atoms with Gasteiger partial charge in [0.2, 0.25) is 5.13 Å². The van der Waals surface area contributed by atoms with Gasteiger partial charge in [0.1, 0.15) is 5.69 Å². The second-order valence-electron chi connectivity index (χ2n) is 7.66. The lowest BCUT2D eigenvalue weighted by Gasteiger charge is -2.29. The standard InChI is InChI=1S/C19H20F3N7S.ClH/c1-18(2)7-10-5-13(24-9-14(10)29(18)4)16-27-17(30-28-16)26-15-12(23-3)6-11(8-25-15)19(20,21)22;/h5-6,8-9,23H,7H2,1-4H3,(H,25,26,27,28);1H. The molecule has 0 unspecified atom stereocenters. The molecule has 0 bridgehead atoms. The third-order valence-electron chi connectivity index (χ3n) is 5.22. The summed E-state index contributed by atoms with van der Waals surface area (Å²) in [7, 11) is 3.58. The van der Waals surface area contributed by atoms with E-state index in [0.717, 1.165) is 35.9 Å². The Kier molecular flexibility index (Phi) is 6.03. The van der Waals surface area contributed by atoms with Crippen LogP contribution in [0, 0.1) is 0 Å². The number of pyridine rings is 2. The summed E-state index contributed by atoms with van der Waals surface area (Å²) in [6.45, 7) is 4.35. The van der Waals surface area contributed by atoms with Gasteiger partial charge in [0, 0.05) is 37.4 Å². The van der Waals surface area contributed by atoms with Crippen molar-refractivity contribution < 1.29 is 13.2 Å². The number of hydrogen-bond donors (Lipinski definition) is 2. The Balaban J connectivity index is 0.00000272. The average molecular weight is 472 g/mol. The van der Waals surface area contributed by atoms with Gasteiger partial charge in [0.05, 0.1) is 23.1 Å². The van der Waals surface area contributed by atoms with E-state index in [1.54, 1.807) is 0 Å². The van der Waals surface area contributed by atoms with Crippen molar-refractivity contribution in [1.82, 2.24) is 19.3 Å². The molecule has 0 aromatic carbocycles. The Bertz CT molecular complexity index is 1100. The van der Waals surface area contributed by atoms with E-state index in [0.29, 0.717) is 16.6 Å². The van der Waals surface area contributed by atoms with Gasteiger partial charge >= 0.3 is 6.18 Å². The van der Waals surface area contributed by atoms with E-state index in [4.69, 9.17) is 0 Å². The third kappa shape index (κ3) is 4.38. The Morgan fingerprint density at radius 1 is 1.16 bits per heavy atom. The number of fused-ring (bicyclic) bond motifs is 1. The molecule has 0 saturated carbocycles. The van der Waals surface area contributed by atoms with E-state index in [9.17, 15) is 13.2 Å². The van der Waals surface area contributed by atoms with Crippen LogP contribution in [0.25, 0.3) is 11.5 Å². The largest absolute Gasteiger partial charge is 0.417 e. The normalized spacial score (nSPS) is 14.7. The summed E-state index contributed by atoms with van der Waals surface area (Å²) in [6.07, 6.45) is -0.963. The molecule has 1 aliphatic rings. The maximum absolute atomic E-state index is 12.9. The Morgan fingerprint density at radius 2 is 1.90 bits per heavy atom. The molecule has 0 aliphatic carbocycles. The smallest absolute Gasteiger partial charge is 0.385 e. The highest BCUT2D eigenvalue weighted by Gasteiger charge is 2.34. The van der Waals surface area contributed by atoms with Crippen molar-refractivity contribution in [2.24, 2.45) is 0 Å². The molecular formula is C19H21ClF3N7S. The zero-order valence-electron chi connectivity index (χ0n) is 17.2. The average Bonchev–Trinajstić information content (AvgIpc) is 3.23. The minimum Gasteiger partial charge on any atom is -0.385 e. The van der Waals surface area contributed by atoms with Crippen LogP contribution in [-0.4, -0.2) is 39.0 Å². The second-order valence-corrected chi connectivity index (χ2v) is 8.41. The highest BCUT2D eigenvalue weighted by molar-refractivity contribution is 7.09. The van der Waals surface area contributed by atoms with Crippen LogP contribution in [0.15, 0.2) is 24.5 Å². The number of likely N-dealkylation sites (N-methyl/N-ethyl adjacent to an activating group) is 1. The number of aromatic nitrogens is 4. The molecule has 166 valence electrons. The first-order valence-corrected chi connectivity index (χ1v) is 9.95. The van der Waals surface area contributed by atoms with E-state index in [2.05, 4.69) is 48.7 Å². The molecule has 1 aliphatic heterocycles. The van der Waals surface area contributed by atoms with Crippen LogP contribution >= 0.6 is 23.9 Å². The van der Waals surface area contributed by atoms with Crippen LogP contribution in [-0.2, 0) is 12.6 Å². The van der Waals surface area contributed by atoms with Crippen molar-refractivity contribution >= 4 is 46.3 Å². The summed E-state index contributed by atoms with van der Waals surface area (Å²) >= 11 is 1.09. The lowest BCUT2D eigenvalue weighted by Crippen LogP contribution is -2.37. The first-order chi connectivity index (χ1) is 14.1. The minimum absolute atomic E-state index is 0. The number of nitrogens with one attached hydrogen (secondary N) is 2. The van der Waals surface area contributed by atoms with Gasteiger partial charge in [-0.2, -0.15) is 22.5 Å². The van der Waals surface area contributed by atoms with E-state index < -0.39 is 11.7 Å². The molecule has 4 heterocycles. The molecule has 12 heteroatoms. The van der Waals surface area contributed by atoms with Gasteiger partial charge in [-0.15, -0.1) is 12.4 Å². The molecule has 0 spiro atoms. The summed E-state index contributed by atoms with van der Waals surface area (Å²) in [4.78, 5) is 15.0. The second kappa shape index (κ2) is 8.12. The van der Waals surface area contributed by atoms with Crippen molar-refractivity contribution in [2.45, 2.75) is 32.0 Å². The van der Waals surface area contributed by atoms with E-state index in [1.807, 2.05) is 19.3 Å². The highest BCUT2D eigenvalue weighted by Crippen LogP contribution is 2.38. The Morgan fingerprint density at radius 3 is 2.58 bits per heavy atom. The molecule has 0 saturated heterocycles. The lowest BCUT2D eigenvalue weighted by molar-refractivity contribution is -0.137. The fraction of sp³-hybridized carbons (Fsp3) is 0.368. The van der Waals surface area contributed by atoms with Crippen molar-refractivity contribution in [1.29, 1.82) is 0 Å². The molecule has 3 aromatic rings. The van der Waals surface area contributed by atoms with E-state index >= 15 is 0 Å². The molecule has 2 N–H and O–H groups in total. The number of hydrogen-bond acceptors (Lipinski definition) is 8. The predicted octanol–water partition coefficient (Wildman–Crippen LogP) is 4.99. The summed E-state index contributed by atoms with van der Waals surface area (Å²) in [5.41, 5.74) is 2.32. The predicted molar refractivity (Wildman–Crippen MR) is 119 cm³/mol. The summed E-state index contributed by atoms with van der Waals surface area (Å²) in [5.74, 6) is 0.689.